The predicted molar refractivity (Wildman–Crippen MR) is 116 cm³/mol. The summed E-state index contributed by atoms with van der Waals surface area (Å²) in [6.45, 7) is 0.409. The van der Waals surface area contributed by atoms with Crippen LogP contribution in [0.15, 0.2) is 71.0 Å². The van der Waals surface area contributed by atoms with Gasteiger partial charge < -0.3 is 4.74 Å². The first-order valence-corrected chi connectivity index (χ1v) is 10.7. The number of aromatic nitrogens is 4. The van der Waals surface area contributed by atoms with Gasteiger partial charge in [0.15, 0.2) is 10.8 Å². The number of ether oxygens (including phenoxy) is 1. The number of hydrogen-bond acceptors (Lipinski definition) is 7. The van der Waals surface area contributed by atoms with Crippen LogP contribution in [0.5, 0.6) is 0 Å². The van der Waals surface area contributed by atoms with Crippen molar-refractivity contribution in [1.82, 2.24) is 19.4 Å². The Hall–Kier alpha value is -2.94. The van der Waals surface area contributed by atoms with E-state index in [2.05, 4.69) is 66.7 Å². The molecule has 0 N–H and O–H groups in total. The SMILES string of the molecule is COCN1c2cc(-c3cnc4sc5ccccc5n34)ccc2Sc2nccnc21. The number of nitrogens with zero attached hydrogens (tertiary/aromatic N) is 5. The highest BCUT2D eigenvalue weighted by Crippen LogP contribution is 2.47. The lowest BCUT2D eigenvalue weighted by molar-refractivity contribution is 0.205. The van der Waals surface area contributed by atoms with E-state index in [-0.39, 0.29) is 0 Å². The maximum Gasteiger partial charge on any atom is 0.195 e. The molecule has 0 saturated heterocycles. The lowest BCUT2D eigenvalue weighted by Gasteiger charge is -2.30. The molecule has 0 amide bonds. The number of thiazole rings is 1. The molecule has 142 valence electrons. The average molecular weight is 418 g/mol. The molecule has 4 heterocycles. The Morgan fingerprint density at radius 1 is 1.03 bits per heavy atom. The molecule has 5 aromatic rings. The van der Waals surface area contributed by atoms with Gasteiger partial charge in [-0.3, -0.25) is 9.30 Å². The van der Waals surface area contributed by atoms with Crippen LogP contribution in [0.4, 0.5) is 11.5 Å². The number of anilines is 2. The van der Waals surface area contributed by atoms with Gasteiger partial charge in [0.25, 0.3) is 0 Å². The second-order valence-electron chi connectivity index (χ2n) is 6.65. The summed E-state index contributed by atoms with van der Waals surface area (Å²) in [4.78, 5) is 17.9. The van der Waals surface area contributed by atoms with Gasteiger partial charge in [-0.25, -0.2) is 15.0 Å². The summed E-state index contributed by atoms with van der Waals surface area (Å²) in [7, 11) is 1.69. The van der Waals surface area contributed by atoms with Crippen LogP contribution in [0.1, 0.15) is 0 Å². The number of benzene rings is 2. The maximum absolute atomic E-state index is 5.47. The third kappa shape index (κ3) is 2.57. The zero-order chi connectivity index (χ0) is 19.4. The Bertz CT molecular complexity index is 1380. The third-order valence-electron chi connectivity index (χ3n) is 4.95. The van der Waals surface area contributed by atoms with Gasteiger partial charge in [0.1, 0.15) is 11.8 Å². The Morgan fingerprint density at radius 3 is 2.86 bits per heavy atom. The summed E-state index contributed by atoms with van der Waals surface area (Å²) in [5.74, 6) is 0.823. The quantitative estimate of drug-likeness (QED) is 0.402. The van der Waals surface area contributed by atoms with E-state index < -0.39 is 0 Å². The molecule has 0 atom stereocenters. The fraction of sp³-hybridized carbons (Fsp3) is 0.0952. The first kappa shape index (κ1) is 17.0. The van der Waals surface area contributed by atoms with E-state index >= 15 is 0 Å². The minimum absolute atomic E-state index is 0.409. The van der Waals surface area contributed by atoms with Crippen LogP contribution in [0.25, 0.3) is 26.4 Å². The van der Waals surface area contributed by atoms with Crippen LogP contribution in [-0.4, -0.2) is 33.2 Å². The Morgan fingerprint density at radius 2 is 1.93 bits per heavy atom. The molecular formula is C21H15N5OS2. The molecule has 1 aliphatic heterocycles. The molecular weight excluding hydrogens is 402 g/mol. The van der Waals surface area contributed by atoms with Crippen molar-refractivity contribution < 1.29 is 4.74 Å². The van der Waals surface area contributed by atoms with E-state index in [1.165, 1.54) is 10.2 Å². The molecule has 1 aliphatic rings. The summed E-state index contributed by atoms with van der Waals surface area (Å²) in [5.41, 5.74) is 4.43. The van der Waals surface area contributed by atoms with Gasteiger partial charge in [0.05, 0.1) is 27.8 Å². The van der Waals surface area contributed by atoms with E-state index in [1.807, 2.05) is 6.20 Å². The molecule has 0 spiro atoms. The lowest BCUT2D eigenvalue weighted by atomic mass is 10.1. The van der Waals surface area contributed by atoms with Crippen LogP contribution in [0.2, 0.25) is 0 Å². The van der Waals surface area contributed by atoms with Gasteiger partial charge in [-0.05, 0) is 24.3 Å². The van der Waals surface area contributed by atoms with Crippen molar-refractivity contribution in [2.45, 2.75) is 9.92 Å². The van der Waals surface area contributed by atoms with Gasteiger partial charge in [0, 0.05) is 30.0 Å². The van der Waals surface area contributed by atoms with Crippen molar-refractivity contribution in [3.63, 3.8) is 0 Å². The van der Waals surface area contributed by atoms with E-state index in [4.69, 9.17) is 4.74 Å². The largest absolute Gasteiger partial charge is 0.364 e. The molecule has 0 fully saturated rings. The highest BCUT2D eigenvalue weighted by Gasteiger charge is 2.26. The molecule has 29 heavy (non-hydrogen) atoms. The minimum atomic E-state index is 0.409. The van der Waals surface area contributed by atoms with E-state index in [0.717, 1.165) is 37.6 Å². The molecule has 6 nitrogen and oxygen atoms in total. The first-order valence-electron chi connectivity index (χ1n) is 9.08. The predicted octanol–water partition coefficient (Wildman–Crippen LogP) is 5.21. The molecule has 3 aromatic heterocycles. The molecule has 0 radical (unpaired) electrons. The topological polar surface area (TPSA) is 55.5 Å². The number of para-hydroxylation sites is 1. The Kier molecular flexibility index (Phi) is 3.83. The summed E-state index contributed by atoms with van der Waals surface area (Å²) < 4.78 is 8.93. The van der Waals surface area contributed by atoms with Crippen LogP contribution in [-0.2, 0) is 4.74 Å². The van der Waals surface area contributed by atoms with Crippen molar-refractivity contribution in [1.29, 1.82) is 0 Å². The number of imidazole rings is 1. The van der Waals surface area contributed by atoms with Crippen LogP contribution >= 0.6 is 23.1 Å². The smallest absolute Gasteiger partial charge is 0.195 e. The van der Waals surface area contributed by atoms with Crippen LogP contribution in [0, 0.1) is 0 Å². The van der Waals surface area contributed by atoms with Gasteiger partial charge >= 0.3 is 0 Å². The first-order chi connectivity index (χ1) is 14.3. The van der Waals surface area contributed by atoms with Gasteiger partial charge in [-0.2, -0.15) is 0 Å². The molecule has 8 heteroatoms. The Balaban J connectivity index is 1.54. The highest BCUT2D eigenvalue weighted by molar-refractivity contribution is 7.99. The van der Waals surface area contributed by atoms with Gasteiger partial charge in [-0.15, -0.1) is 0 Å². The van der Waals surface area contributed by atoms with Gasteiger partial charge in [-0.1, -0.05) is 41.3 Å². The standard InChI is InChI=1S/C21H15N5OS2/c1-27-12-25-15-10-13(6-7-18(15)28-20-19(25)22-8-9-23-20)16-11-24-21-26(16)14-4-2-3-5-17(14)29-21/h2-11H,12H2,1H3. The number of methoxy groups -OCH3 is 1. The third-order valence-corrected chi connectivity index (χ3v) is 7.03. The minimum Gasteiger partial charge on any atom is -0.364 e. The monoisotopic (exact) mass is 417 g/mol. The van der Waals surface area contributed by atoms with Crippen molar-refractivity contribution in [3.8, 4) is 11.3 Å². The molecule has 0 bridgehead atoms. The van der Waals surface area contributed by atoms with Crippen molar-refractivity contribution in [3.05, 3.63) is 61.1 Å². The summed E-state index contributed by atoms with van der Waals surface area (Å²) in [5, 5.41) is 0.889. The zero-order valence-electron chi connectivity index (χ0n) is 15.4. The fourth-order valence-corrected chi connectivity index (χ4v) is 5.68. The summed E-state index contributed by atoms with van der Waals surface area (Å²) >= 11 is 3.34. The van der Waals surface area contributed by atoms with Gasteiger partial charge in [0.2, 0.25) is 0 Å². The van der Waals surface area contributed by atoms with E-state index in [1.54, 1.807) is 42.6 Å². The van der Waals surface area contributed by atoms with Crippen LogP contribution in [0.3, 0.4) is 0 Å². The summed E-state index contributed by atoms with van der Waals surface area (Å²) in [6.07, 6.45) is 5.39. The average Bonchev–Trinajstić information content (AvgIpc) is 3.33. The maximum atomic E-state index is 5.47. The second-order valence-corrected chi connectivity index (χ2v) is 8.69. The highest BCUT2D eigenvalue weighted by atomic mass is 32.2. The fourth-order valence-electron chi connectivity index (χ4n) is 3.70. The lowest BCUT2D eigenvalue weighted by Crippen LogP contribution is -2.24. The molecule has 0 unspecified atom stereocenters. The normalized spacial score (nSPS) is 13.1. The van der Waals surface area contributed by atoms with Crippen molar-refractivity contribution >= 4 is 49.8 Å². The number of fused-ring (bicyclic) bond motifs is 5. The molecule has 0 aliphatic carbocycles. The molecule has 2 aromatic carbocycles. The summed E-state index contributed by atoms with van der Waals surface area (Å²) in [6, 6.07) is 14.9. The Labute approximate surface area is 174 Å². The number of hydrogen-bond donors (Lipinski definition) is 0. The zero-order valence-corrected chi connectivity index (χ0v) is 17.1. The van der Waals surface area contributed by atoms with Crippen molar-refractivity contribution in [2.75, 3.05) is 18.7 Å². The van der Waals surface area contributed by atoms with Crippen LogP contribution < -0.4 is 4.90 Å². The molecule has 6 rings (SSSR count). The van der Waals surface area contributed by atoms with E-state index in [0.29, 0.717) is 6.73 Å². The molecule has 0 saturated carbocycles. The second kappa shape index (κ2) is 6.55. The number of rotatable bonds is 3. The van der Waals surface area contributed by atoms with E-state index in [9.17, 15) is 0 Å². The van der Waals surface area contributed by atoms with Crippen molar-refractivity contribution in [2.24, 2.45) is 0 Å².